The number of carbonyl (C=O) groups is 2. The standard InChI is InChI=1S/C14H18O3/c1-3-4-10-13(11(2)15)14(16)17-12-8-6-5-7-9-12/h5-9,13H,3-4,10H2,1-2H3. The van der Waals surface area contributed by atoms with Crippen LogP contribution in [0, 0.1) is 5.92 Å². The van der Waals surface area contributed by atoms with Crippen molar-refractivity contribution in [1.82, 2.24) is 0 Å². The van der Waals surface area contributed by atoms with Gasteiger partial charge in [0, 0.05) is 0 Å². The molecule has 3 heteroatoms. The highest BCUT2D eigenvalue weighted by Gasteiger charge is 2.24. The van der Waals surface area contributed by atoms with Crippen LogP contribution in [0.25, 0.3) is 0 Å². The lowest BCUT2D eigenvalue weighted by Gasteiger charge is -2.12. The maximum atomic E-state index is 11.8. The Bertz CT molecular complexity index is 370. The number of carbonyl (C=O) groups excluding carboxylic acids is 2. The Hall–Kier alpha value is -1.64. The number of ketones is 1. The molecular formula is C14H18O3. The molecule has 1 aromatic carbocycles. The Balaban J connectivity index is 2.62. The SMILES string of the molecule is CCCCC(C(C)=O)C(=O)Oc1ccccc1. The van der Waals surface area contributed by atoms with Crippen molar-refractivity contribution in [2.24, 2.45) is 5.92 Å². The molecule has 0 aromatic heterocycles. The van der Waals surface area contributed by atoms with E-state index in [9.17, 15) is 9.59 Å². The van der Waals surface area contributed by atoms with Crippen molar-refractivity contribution < 1.29 is 14.3 Å². The van der Waals surface area contributed by atoms with Crippen LogP contribution in [0.3, 0.4) is 0 Å². The number of para-hydroxylation sites is 1. The average Bonchev–Trinajstić information content (AvgIpc) is 2.30. The molecule has 17 heavy (non-hydrogen) atoms. The van der Waals surface area contributed by atoms with Gasteiger partial charge in [0.2, 0.25) is 0 Å². The summed E-state index contributed by atoms with van der Waals surface area (Å²) in [5.74, 6) is -0.716. The van der Waals surface area contributed by atoms with E-state index < -0.39 is 11.9 Å². The van der Waals surface area contributed by atoms with E-state index in [1.54, 1.807) is 24.3 Å². The van der Waals surface area contributed by atoms with Crippen LogP contribution in [-0.4, -0.2) is 11.8 Å². The Morgan fingerprint density at radius 3 is 2.41 bits per heavy atom. The Kier molecular flexibility index (Phi) is 5.40. The molecule has 0 radical (unpaired) electrons. The molecule has 0 saturated carbocycles. The number of hydrogen-bond donors (Lipinski definition) is 0. The first-order valence-corrected chi connectivity index (χ1v) is 5.92. The van der Waals surface area contributed by atoms with Crippen molar-refractivity contribution in [3.05, 3.63) is 30.3 Å². The van der Waals surface area contributed by atoms with Crippen LogP contribution in [0.5, 0.6) is 5.75 Å². The molecule has 0 aliphatic rings. The predicted octanol–water partition coefficient (Wildman–Crippen LogP) is 2.99. The van der Waals surface area contributed by atoms with Crippen molar-refractivity contribution in [2.75, 3.05) is 0 Å². The molecule has 0 amide bonds. The van der Waals surface area contributed by atoms with Gasteiger partial charge in [-0.15, -0.1) is 0 Å². The molecule has 92 valence electrons. The van der Waals surface area contributed by atoms with Gasteiger partial charge < -0.3 is 4.74 Å². The summed E-state index contributed by atoms with van der Waals surface area (Å²) < 4.78 is 5.18. The number of Topliss-reactive ketones (excluding diaryl/α,β-unsaturated/α-hetero) is 1. The molecule has 0 bridgehead atoms. The van der Waals surface area contributed by atoms with Gasteiger partial charge >= 0.3 is 5.97 Å². The highest BCUT2D eigenvalue weighted by atomic mass is 16.5. The minimum absolute atomic E-state index is 0.126. The van der Waals surface area contributed by atoms with Crippen molar-refractivity contribution in [3.63, 3.8) is 0 Å². The molecule has 0 aliphatic heterocycles. The second-order valence-electron chi connectivity index (χ2n) is 4.04. The smallest absolute Gasteiger partial charge is 0.321 e. The zero-order valence-corrected chi connectivity index (χ0v) is 10.3. The molecule has 0 fully saturated rings. The highest BCUT2D eigenvalue weighted by Crippen LogP contribution is 2.15. The Morgan fingerprint density at radius 1 is 1.24 bits per heavy atom. The molecule has 0 spiro atoms. The molecule has 1 rings (SSSR count). The molecular weight excluding hydrogens is 216 g/mol. The summed E-state index contributed by atoms with van der Waals surface area (Å²) in [5.41, 5.74) is 0. The number of esters is 1. The summed E-state index contributed by atoms with van der Waals surface area (Å²) in [6.45, 7) is 3.46. The van der Waals surface area contributed by atoms with Gasteiger partial charge in [-0.05, 0) is 25.5 Å². The molecule has 0 heterocycles. The van der Waals surface area contributed by atoms with E-state index >= 15 is 0 Å². The van der Waals surface area contributed by atoms with Crippen LogP contribution in [0.2, 0.25) is 0 Å². The minimum Gasteiger partial charge on any atom is -0.426 e. The van der Waals surface area contributed by atoms with Crippen molar-refractivity contribution >= 4 is 11.8 Å². The van der Waals surface area contributed by atoms with Gasteiger partial charge in [0.15, 0.2) is 0 Å². The zero-order valence-electron chi connectivity index (χ0n) is 10.3. The fraction of sp³-hybridized carbons (Fsp3) is 0.429. The van der Waals surface area contributed by atoms with Crippen molar-refractivity contribution in [2.45, 2.75) is 33.1 Å². The van der Waals surface area contributed by atoms with Gasteiger partial charge in [0.25, 0.3) is 0 Å². The minimum atomic E-state index is -0.629. The fourth-order valence-electron chi connectivity index (χ4n) is 1.57. The third kappa shape index (κ3) is 4.39. The van der Waals surface area contributed by atoms with Crippen LogP contribution < -0.4 is 4.74 Å². The lowest BCUT2D eigenvalue weighted by Crippen LogP contribution is -2.26. The largest absolute Gasteiger partial charge is 0.426 e. The lowest BCUT2D eigenvalue weighted by molar-refractivity contribution is -0.143. The second-order valence-corrected chi connectivity index (χ2v) is 4.04. The number of unbranched alkanes of at least 4 members (excludes halogenated alkanes) is 1. The Morgan fingerprint density at radius 2 is 1.88 bits per heavy atom. The van der Waals surface area contributed by atoms with E-state index in [-0.39, 0.29) is 5.78 Å². The first-order valence-electron chi connectivity index (χ1n) is 5.92. The summed E-state index contributed by atoms with van der Waals surface area (Å²) >= 11 is 0. The van der Waals surface area contributed by atoms with E-state index in [2.05, 4.69) is 0 Å². The number of rotatable bonds is 6. The first-order chi connectivity index (χ1) is 8.15. The quantitative estimate of drug-likeness (QED) is 0.432. The number of ether oxygens (including phenoxy) is 1. The molecule has 0 saturated heterocycles. The van der Waals surface area contributed by atoms with Crippen LogP contribution in [0.15, 0.2) is 30.3 Å². The topological polar surface area (TPSA) is 43.4 Å². The van der Waals surface area contributed by atoms with Gasteiger partial charge in [0.05, 0.1) is 0 Å². The van der Waals surface area contributed by atoms with Crippen LogP contribution in [-0.2, 0) is 9.59 Å². The van der Waals surface area contributed by atoms with Crippen LogP contribution in [0.4, 0.5) is 0 Å². The molecule has 1 unspecified atom stereocenters. The van der Waals surface area contributed by atoms with Gasteiger partial charge in [-0.1, -0.05) is 38.0 Å². The van der Waals surface area contributed by atoms with Gasteiger partial charge in [0.1, 0.15) is 17.5 Å². The third-order valence-corrected chi connectivity index (χ3v) is 2.58. The molecule has 0 N–H and O–H groups in total. The highest BCUT2D eigenvalue weighted by molar-refractivity contribution is 5.98. The number of benzene rings is 1. The van der Waals surface area contributed by atoms with Gasteiger partial charge in [-0.3, -0.25) is 9.59 Å². The Labute approximate surface area is 102 Å². The molecule has 3 nitrogen and oxygen atoms in total. The predicted molar refractivity (Wildman–Crippen MR) is 65.8 cm³/mol. The maximum absolute atomic E-state index is 11.8. The summed E-state index contributed by atoms with van der Waals surface area (Å²) in [7, 11) is 0. The first kappa shape index (κ1) is 13.4. The second kappa shape index (κ2) is 6.84. The van der Waals surface area contributed by atoms with Gasteiger partial charge in [-0.25, -0.2) is 0 Å². The zero-order chi connectivity index (χ0) is 12.7. The normalized spacial score (nSPS) is 11.9. The summed E-state index contributed by atoms with van der Waals surface area (Å²) in [4.78, 5) is 23.2. The van der Waals surface area contributed by atoms with Crippen molar-refractivity contribution in [1.29, 1.82) is 0 Å². The fourth-order valence-corrected chi connectivity index (χ4v) is 1.57. The molecule has 0 aliphatic carbocycles. The summed E-state index contributed by atoms with van der Waals surface area (Å²) in [6, 6.07) is 8.83. The van der Waals surface area contributed by atoms with E-state index in [1.165, 1.54) is 6.92 Å². The maximum Gasteiger partial charge on any atom is 0.321 e. The lowest BCUT2D eigenvalue weighted by atomic mass is 9.98. The molecule has 1 aromatic rings. The van der Waals surface area contributed by atoms with Crippen molar-refractivity contribution in [3.8, 4) is 5.75 Å². The van der Waals surface area contributed by atoms with Crippen LogP contribution >= 0.6 is 0 Å². The monoisotopic (exact) mass is 234 g/mol. The third-order valence-electron chi connectivity index (χ3n) is 2.58. The summed E-state index contributed by atoms with van der Waals surface area (Å²) in [6.07, 6.45) is 2.38. The average molecular weight is 234 g/mol. The number of hydrogen-bond acceptors (Lipinski definition) is 3. The van der Waals surface area contributed by atoms with Crippen LogP contribution in [0.1, 0.15) is 33.1 Å². The van der Waals surface area contributed by atoms with E-state index in [0.717, 1.165) is 12.8 Å². The molecule has 1 atom stereocenters. The van der Waals surface area contributed by atoms with E-state index in [1.807, 2.05) is 13.0 Å². The van der Waals surface area contributed by atoms with E-state index in [0.29, 0.717) is 12.2 Å². The van der Waals surface area contributed by atoms with Gasteiger partial charge in [-0.2, -0.15) is 0 Å². The van der Waals surface area contributed by atoms with E-state index in [4.69, 9.17) is 4.74 Å². The summed E-state index contributed by atoms with van der Waals surface area (Å²) in [5, 5.41) is 0.